The lowest BCUT2D eigenvalue weighted by Crippen LogP contribution is -2.32. The van der Waals surface area contributed by atoms with Gasteiger partial charge in [-0.2, -0.15) is 18.3 Å². The van der Waals surface area contributed by atoms with Crippen LogP contribution in [0.15, 0.2) is 41.5 Å². The van der Waals surface area contributed by atoms with E-state index in [9.17, 15) is 32.9 Å². The Balaban J connectivity index is 1.94. The molecule has 0 aliphatic heterocycles. The van der Waals surface area contributed by atoms with Gasteiger partial charge in [-0.1, -0.05) is 17.4 Å². The van der Waals surface area contributed by atoms with Crippen molar-refractivity contribution in [1.29, 1.82) is 0 Å². The Labute approximate surface area is 147 Å². The van der Waals surface area contributed by atoms with Crippen LogP contribution in [0.3, 0.4) is 0 Å². The maximum Gasteiger partial charge on any atom is 0.416 e. The Bertz CT molecular complexity index is 879. The highest BCUT2D eigenvalue weighted by atomic mass is 32.1. The molecule has 0 aliphatic rings. The standard InChI is InChI=1S/C14H9F3N4O4S/c15-14(16,17)8-2-1-3-9(6-8)19-12(22)13(23)20-18-7-10-4-5-11(26-10)21(24)25/h1-7H,(H,19,22)(H,20,23)/b18-7-. The number of amides is 2. The van der Waals surface area contributed by atoms with Gasteiger partial charge in [0, 0.05) is 11.8 Å². The van der Waals surface area contributed by atoms with Crippen molar-refractivity contribution in [2.75, 3.05) is 5.32 Å². The van der Waals surface area contributed by atoms with Gasteiger partial charge in [0.25, 0.3) is 0 Å². The maximum atomic E-state index is 12.6. The molecule has 26 heavy (non-hydrogen) atoms. The van der Waals surface area contributed by atoms with Crippen molar-refractivity contribution in [3.8, 4) is 0 Å². The molecule has 2 rings (SSSR count). The average Bonchev–Trinajstić information content (AvgIpc) is 3.03. The van der Waals surface area contributed by atoms with E-state index in [2.05, 4.69) is 5.10 Å². The first-order valence-corrected chi connectivity index (χ1v) is 7.54. The maximum absolute atomic E-state index is 12.6. The largest absolute Gasteiger partial charge is 0.416 e. The van der Waals surface area contributed by atoms with Crippen molar-refractivity contribution in [1.82, 2.24) is 5.43 Å². The van der Waals surface area contributed by atoms with Crippen LogP contribution in [-0.2, 0) is 15.8 Å². The molecule has 1 aromatic carbocycles. The van der Waals surface area contributed by atoms with Crippen LogP contribution in [0.2, 0.25) is 0 Å². The molecule has 8 nitrogen and oxygen atoms in total. The number of nitrogens with zero attached hydrogens (tertiary/aromatic N) is 2. The summed E-state index contributed by atoms with van der Waals surface area (Å²) < 4.78 is 37.8. The lowest BCUT2D eigenvalue weighted by molar-refractivity contribution is -0.380. The molecule has 0 fully saturated rings. The molecule has 0 unspecified atom stereocenters. The molecule has 2 amide bonds. The monoisotopic (exact) mass is 386 g/mol. The van der Waals surface area contributed by atoms with E-state index < -0.39 is 28.5 Å². The predicted molar refractivity (Wildman–Crippen MR) is 86.8 cm³/mol. The molecule has 1 aromatic heterocycles. The lowest BCUT2D eigenvalue weighted by atomic mass is 10.2. The molecule has 136 valence electrons. The van der Waals surface area contributed by atoms with Crippen molar-refractivity contribution in [3.63, 3.8) is 0 Å². The highest BCUT2D eigenvalue weighted by Crippen LogP contribution is 2.30. The zero-order chi connectivity index (χ0) is 19.3. The van der Waals surface area contributed by atoms with Gasteiger partial charge in [0.05, 0.1) is 21.6 Å². The fourth-order valence-electron chi connectivity index (χ4n) is 1.68. The van der Waals surface area contributed by atoms with Crippen molar-refractivity contribution in [2.45, 2.75) is 6.18 Å². The number of carbonyl (C=O) groups is 2. The topological polar surface area (TPSA) is 114 Å². The molecule has 0 atom stereocenters. The summed E-state index contributed by atoms with van der Waals surface area (Å²) in [5, 5.41) is 15.9. The van der Waals surface area contributed by atoms with Crippen LogP contribution in [0.25, 0.3) is 0 Å². The van der Waals surface area contributed by atoms with Crippen molar-refractivity contribution >= 4 is 40.1 Å². The molecular formula is C14H9F3N4O4S. The van der Waals surface area contributed by atoms with E-state index in [1.807, 2.05) is 10.7 Å². The number of benzene rings is 1. The second kappa shape index (κ2) is 7.74. The van der Waals surface area contributed by atoms with E-state index in [4.69, 9.17) is 0 Å². The molecular weight excluding hydrogens is 377 g/mol. The summed E-state index contributed by atoms with van der Waals surface area (Å²) in [4.78, 5) is 33.5. The first-order chi connectivity index (χ1) is 12.2. The van der Waals surface area contributed by atoms with Crippen LogP contribution in [0, 0.1) is 10.1 Å². The Morgan fingerprint density at radius 1 is 1.19 bits per heavy atom. The summed E-state index contributed by atoms with van der Waals surface area (Å²) in [5.74, 6) is -2.44. The van der Waals surface area contributed by atoms with Gasteiger partial charge in [-0.05, 0) is 24.3 Å². The summed E-state index contributed by atoms with van der Waals surface area (Å²) in [6, 6.07) is 6.40. The summed E-state index contributed by atoms with van der Waals surface area (Å²) >= 11 is 0.801. The van der Waals surface area contributed by atoms with Gasteiger partial charge in [-0.15, -0.1) is 0 Å². The van der Waals surface area contributed by atoms with Crippen LogP contribution in [0.5, 0.6) is 0 Å². The number of carbonyl (C=O) groups excluding carboxylic acids is 2. The number of rotatable bonds is 4. The number of hydrogen-bond acceptors (Lipinski definition) is 6. The molecule has 0 aliphatic carbocycles. The average molecular weight is 386 g/mol. The number of halogens is 3. The molecule has 0 radical (unpaired) electrons. The van der Waals surface area contributed by atoms with Gasteiger partial charge < -0.3 is 5.32 Å². The Kier molecular flexibility index (Phi) is 5.67. The van der Waals surface area contributed by atoms with Crippen LogP contribution in [0.4, 0.5) is 23.9 Å². The minimum Gasteiger partial charge on any atom is -0.318 e. The molecule has 0 saturated heterocycles. The van der Waals surface area contributed by atoms with Gasteiger partial charge in [-0.25, -0.2) is 5.43 Å². The van der Waals surface area contributed by atoms with Gasteiger partial charge in [0.15, 0.2) is 0 Å². The molecule has 1 heterocycles. The first-order valence-electron chi connectivity index (χ1n) is 6.72. The summed E-state index contributed by atoms with van der Waals surface area (Å²) in [6.07, 6.45) is -3.50. The minimum atomic E-state index is -4.59. The SMILES string of the molecule is O=C(N/N=C\c1ccc([N+](=O)[O-])s1)C(=O)Nc1cccc(C(F)(F)F)c1. The van der Waals surface area contributed by atoms with Crippen LogP contribution in [0.1, 0.15) is 10.4 Å². The first kappa shape index (κ1) is 19.1. The van der Waals surface area contributed by atoms with E-state index in [0.717, 1.165) is 29.7 Å². The quantitative estimate of drug-likeness (QED) is 0.364. The van der Waals surface area contributed by atoms with Crippen molar-refractivity contribution < 1.29 is 27.7 Å². The van der Waals surface area contributed by atoms with E-state index in [1.54, 1.807) is 0 Å². The zero-order valence-electron chi connectivity index (χ0n) is 12.6. The number of nitro groups is 1. The van der Waals surface area contributed by atoms with E-state index in [-0.39, 0.29) is 10.7 Å². The molecule has 12 heteroatoms. The van der Waals surface area contributed by atoms with Crippen LogP contribution >= 0.6 is 11.3 Å². The number of alkyl halides is 3. The molecule has 0 spiro atoms. The molecule has 0 bridgehead atoms. The van der Waals surface area contributed by atoms with Crippen molar-refractivity contribution in [2.24, 2.45) is 5.10 Å². The van der Waals surface area contributed by atoms with E-state index in [0.29, 0.717) is 10.9 Å². The second-order valence-corrected chi connectivity index (χ2v) is 5.76. The van der Waals surface area contributed by atoms with Gasteiger partial charge in [0.2, 0.25) is 0 Å². The highest BCUT2D eigenvalue weighted by Gasteiger charge is 2.30. The van der Waals surface area contributed by atoms with Gasteiger partial charge >= 0.3 is 23.0 Å². The lowest BCUT2D eigenvalue weighted by Gasteiger charge is -2.09. The van der Waals surface area contributed by atoms with Gasteiger partial charge in [-0.3, -0.25) is 19.7 Å². The summed E-state index contributed by atoms with van der Waals surface area (Å²) in [5.41, 5.74) is 0.679. The zero-order valence-corrected chi connectivity index (χ0v) is 13.4. The number of hydrogen-bond donors (Lipinski definition) is 2. The minimum absolute atomic E-state index is 0.125. The van der Waals surface area contributed by atoms with Gasteiger partial charge in [0.1, 0.15) is 0 Å². The third-order valence-corrected chi connectivity index (χ3v) is 3.78. The molecule has 2 N–H and O–H groups in total. The van der Waals surface area contributed by atoms with E-state index in [1.165, 1.54) is 18.2 Å². The number of thiophene rings is 1. The predicted octanol–water partition coefficient (Wildman–Crippen LogP) is 2.76. The summed E-state index contributed by atoms with van der Waals surface area (Å²) in [6.45, 7) is 0. The van der Waals surface area contributed by atoms with Crippen LogP contribution in [-0.4, -0.2) is 23.0 Å². The van der Waals surface area contributed by atoms with Crippen LogP contribution < -0.4 is 10.7 Å². The fourth-order valence-corrected chi connectivity index (χ4v) is 2.37. The number of anilines is 1. The Morgan fingerprint density at radius 2 is 1.92 bits per heavy atom. The molecule has 2 aromatic rings. The Hall–Kier alpha value is -3.28. The van der Waals surface area contributed by atoms with Crippen molar-refractivity contribution in [3.05, 3.63) is 57.0 Å². The molecule has 0 saturated carbocycles. The van der Waals surface area contributed by atoms with E-state index >= 15 is 0 Å². The number of hydrazone groups is 1. The third-order valence-electron chi connectivity index (χ3n) is 2.80. The smallest absolute Gasteiger partial charge is 0.318 e. The Morgan fingerprint density at radius 3 is 2.54 bits per heavy atom. The summed E-state index contributed by atoms with van der Waals surface area (Å²) in [7, 11) is 0. The highest BCUT2D eigenvalue weighted by molar-refractivity contribution is 7.16. The second-order valence-electron chi connectivity index (χ2n) is 4.66. The number of nitrogens with one attached hydrogen (secondary N) is 2. The normalized spacial score (nSPS) is 11.3. The third kappa shape index (κ3) is 5.11. The fraction of sp³-hybridized carbons (Fsp3) is 0.0714.